The van der Waals surface area contributed by atoms with Crippen LogP contribution in [-0.4, -0.2) is 10.9 Å². The first-order valence-corrected chi connectivity index (χ1v) is 6.05. The highest BCUT2D eigenvalue weighted by atomic mass is 79.9. The number of hydrogen-bond acceptors (Lipinski definition) is 2. The number of aromatic nitrogens is 1. The molecule has 0 fully saturated rings. The molecule has 0 aliphatic heterocycles. The summed E-state index contributed by atoms with van der Waals surface area (Å²) in [7, 11) is 0. The van der Waals surface area contributed by atoms with E-state index in [1.165, 1.54) is 18.2 Å². The van der Waals surface area contributed by atoms with Gasteiger partial charge in [-0.1, -0.05) is 0 Å². The predicted octanol–water partition coefficient (Wildman–Crippen LogP) is 3.54. The molecule has 0 atom stereocenters. The van der Waals surface area contributed by atoms with Crippen LogP contribution in [-0.2, 0) is 0 Å². The van der Waals surface area contributed by atoms with Gasteiger partial charge in [0.2, 0.25) is 0 Å². The van der Waals surface area contributed by atoms with E-state index < -0.39 is 5.82 Å². The van der Waals surface area contributed by atoms with Gasteiger partial charge >= 0.3 is 0 Å². The van der Waals surface area contributed by atoms with Crippen molar-refractivity contribution in [2.24, 2.45) is 0 Å². The molecular weight excluding hydrogens is 299 g/mol. The fraction of sp³-hybridized carbons (Fsp3) is 0.0769. The number of nitrogens with zero attached hydrogens (tertiary/aromatic N) is 1. The Balaban J connectivity index is 2.28. The lowest BCUT2D eigenvalue weighted by atomic mass is 10.2. The Morgan fingerprint density at radius 2 is 2.17 bits per heavy atom. The fourth-order valence-electron chi connectivity index (χ4n) is 1.48. The Morgan fingerprint density at radius 1 is 1.39 bits per heavy atom. The summed E-state index contributed by atoms with van der Waals surface area (Å²) in [5.74, 6) is -0.830. The van der Waals surface area contributed by atoms with E-state index in [0.29, 0.717) is 15.9 Å². The SMILES string of the molecule is Cc1ncccc1NC(=O)c1cc(F)ccc1Br. The summed E-state index contributed by atoms with van der Waals surface area (Å²) in [5, 5.41) is 2.70. The lowest BCUT2D eigenvalue weighted by Gasteiger charge is -2.08. The molecule has 0 saturated carbocycles. The summed E-state index contributed by atoms with van der Waals surface area (Å²) in [4.78, 5) is 16.1. The van der Waals surface area contributed by atoms with E-state index in [9.17, 15) is 9.18 Å². The van der Waals surface area contributed by atoms with Crippen LogP contribution in [0.15, 0.2) is 41.0 Å². The maximum Gasteiger partial charge on any atom is 0.256 e. The molecule has 1 aromatic heterocycles. The van der Waals surface area contributed by atoms with Crippen LogP contribution in [0, 0.1) is 12.7 Å². The monoisotopic (exact) mass is 308 g/mol. The molecule has 1 amide bonds. The third kappa shape index (κ3) is 2.73. The van der Waals surface area contributed by atoms with Crippen molar-refractivity contribution in [2.45, 2.75) is 6.92 Å². The smallest absolute Gasteiger partial charge is 0.256 e. The maximum atomic E-state index is 13.1. The first-order valence-electron chi connectivity index (χ1n) is 5.26. The standard InChI is InChI=1S/C13H10BrFN2O/c1-8-12(3-2-6-16-8)17-13(18)10-7-9(15)4-5-11(10)14/h2-7H,1H3,(H,17,18). The van der Waals surface area contributed by atoms with Crippen molar-refractivity contribution >= 4 is 27.5 Å². The third-order valence-electron chi connectivity index (χ3n) is 2.43. The van der Waals surface area contributed by atoms with Crippen molar-refractivity contribution in [2.75, 3.05) is 5.32 Å². The molecule has 0 saturated heterocycles. The van der Waals surface area contributed by atoms with Crippen molar-refractivity contribution in [3.63, 3.8) is 0 Å². The lowest BCUT2D eigenvalue weighted by molar-refractivity contribution is 0.102. The van der Waals surface area contributed by atoms with Gasteiger partial charge in [0.1, 0.15) is 5.82 Å². The fourth-order valence-corrected chi connectivity index (χ4v) is 1.90. The quantitative estimate of drug-likeness (QED) is 0.922. The normalized spacial score (nSPS) is 10.2. The highest BCUT2D eigenvalue weighted by Crippen LogP contribution is 2.20. The van der Waals surface area contributed by atoms with Gasteiger partial charge in [0.05, 0.1) is 16.9 Å². The molecule has 2 aromatic rings. The van der Waals surface area contributed by atoms with Gasteiger partial charge in [0.25, 0.3) is 5.91 Å². The predicted molar refractivity (Wildman–Crippen MR) is 71.0 cm³/mol. The van der Waals surface area contributed by atoms with E-state index in [1.807, 2.05) is 0 Å². The topological polar surface area (TPSA) is 42.0 Å². The Labute approximate surface area is 112 Å². The average Bonchev–Trinajstić information content (AvgIpc) is 2.35. The number of pyridine rings is 1. The third-order valence-corrected chi connectivity index (χ3v) is 3.12. The molecule has 1 heterocycles. The van der Waals surface area contributed by atoms with E-state index in [2.05, 4.69) is 26.2 Å². The molecule has 0 unspecified atom stereocenters. The molecule has 18 heavy (non-hydrogen) atoms. The van der Waals surface area contributed by atoms with Crippen LogP contribution in [0.5, 0.6) is 0 Å². The average molecular weight is 309 g/mol. The number of amides is 1. The van der Waals surface area contributed by atoms with Gasteiger partial charge in [0.15, 0.2) is 0 Å². The van der Waals surface area contributed by atoms with Gasteiger partial charge in [-0.25, -0.2) is 4.39 Å². The number of anilines is 1. The molecule has 0 spiro atoms. The zero-order valence-electron chi connectivity index (χ0n) is 9.58. The molecule has 0 aliphatic rings. The van der Waals surface area contributed by atoms with Gasteiger partial charge in [-0.2, -0.15) is 0 Å². The van der Waals surface area contributed by atoms with Crippen molar-refractivity contribution < 1.29 is 9.18 Å². The lowest BCUT2D eigenvalue weighted by Crippen LogP contribution is -2.14. The van der Waals surface area contributed by atoms with Crippen LogP contribution in [0.4, 0.5) is 10.1 Å². The summed E-state index contributed by atoms with van der Waals surface area (Å²) >= 11 is 3.22. The van der Waals surface area contributed by atoms with Crippen LogP contribution in [0.1, 0.15) is 16.1 Å². The zero-order chi connectivity index (χ0) is 13.1. The van der Waals surface area contributed by atoms with Crippen LogP contribution in [0.25, 0.3) is 0 Å². The summed E-state index contributed by atoms with van der Waals surface area (Å²) in [6, 6.07) is 7.44. The van der Waals surface area contributed by atoms with E-state index in [1.54, 1.807) is 25.3 Å². The van der Waals surface area contributed by atoms with Gasteiger partial charge < -0.3 is 5.32 Å². The Bertz CT molecular complexity index is 601. The number of aryl methyl sites for hydroxylation is 1. The number of hydrogen-bond donors (Lipinski definition) is 1. The van der Waals surface area contributed by atoms with E-state index in [-0.39, 0.29) is 11.5 Å². The number of halogens is 2. The summed E-state index contributed by atoms with van der Waals surface area (Å²) in [6.07, 6.45) is 1.64. The number of carbonyl (C=O) groups excluding carboxylic acids is 1. The molecule has 3 nitrogen and oxygen atoms in total. The molecular formula is C13H10BrFN2O. The van der Waals surface area contributed by atoms with Gasteiger partial charge in [-0.05, 0) is 53.2 Å². The largest absolute Gasteiger partial charge is 0.320 e. The summed E-state index contributed by atoms with van der Waals surface area (Å²) in [5.41, 5.74) is 1.57. The summed E-state index contributed by atoms with van der Waals surface area (Å²) in [6.45, 7) is 1.79. The number of carbonyl (C=O) groups is 1. The highest BCUT2D eigenvalue weighted by molar-refractivity contribution is 9.10. The minimum atomic E-state index is -0.453. The second kappa shape index (κ2) is 5.27. The van der Waals surface area contributed by atoms with Crippen LogP contribution in [0.3, 0.4) is 0 Å². The van der Waals surface area contributed by atoms with Crippen molar-refractivity contribution in [1.82, 2.24) is 4.98 Å². The molecule has 2 rings (SSSR count). The second-order valence-electron chi connectivity index (χ2n) is 3.71. The Kier molecular flexibility index (Phi) is 3.72. The molecule has 0 radical (unpaired) electrons. The number of nitrogens with one attached hydrogen (secondary N) is 1. The van der Waals surface area contributed by atoms with Crippen LogP contribution >= 0.6 is 15.9 Å². The number of rotatable bonds is 2. The van der Waals surface area contributed by atoms with E-state index in [0.717, 1.165) is 0 Å². The van der Waals surface area contributed by atoms with Gasteiger partial charge in [-0.15, -0.1) is 0 Å². The van der Waals surface area contributed by atoms with E-state index >= 15 is 0 Å². The molecule has 0 aliphatic carbocycles. The Hall–Kier alpha value is -1.75. The summed E-state index contributed by atoms with van der Waals surface area (Å²) < 4.78 is 13.7. The maximum absolute atomic E-state index is 13.1. The first kappa shape index (κ1) is 12.7. The van der Waals surface area contributed by atoms with Gasteiger partial charge in [-0.3, -0.25) is 9.78 Å². The zero-order valence-corrected chi connectivity index (χ0v) is 11.2. The highest BCUT2D eigenvalue weighted by Gasteiger charge is 2.12. The van der Waals surface area contributed by atoms with Crippen LogP contribution in [0.2, 0.25) is 0 Å². The minimum Gasteiger partial charge on any atom is -0.320 e. The van der Waals surface area contributed by atoms with Crippen LogP contribution < -0.4 is 5.32 Å². The van der Waals surface area contributed by atoms with Crippen molar-refractivity contribution in [3.05, 3.63) is 58.1 Å². The van der Waals surface area contributed by atoms with Gasteiger partial charge in [0, 0.05) is 10.7 Å². The molecule has 1 aromatic carbocycles. The van der Waals surface area contributed by atoms with Crippen molar-refractivity contribution in [3.8, 4) is 0 Å². The first-order chi connectivity index (χ1) is 8.58. The Morgan fingerprint density at radius 3 is 2.89 bits per heavy atom. The molecule has 5 heteroatoms. The molecule has 1 N–H and O–H groups in total. The van der Waals surface area contributed by atoms with Crippen molar-refractivity contribution in [1.29, 1.82) is 0 Å². The second-order valence-corrected chi connectivity index (χ2v) is 4.57. The minimum absolute atomic E-state index is 0.248. The molecule has 92 valence electrons. The molecule has 0 bridgehead atoms. The van der Waals surface area contributed by atoms with E-state index in [4.69, 9.17) is 0 Å². The number of benzene rings is 1.